The van der Waals surface area contributed by atoms with Gasteiger partial charge in [-0.1, -0.05) is 30.3 Å². The van der Waals surface area contributed by atoms with Crippen molar-refractivity contribution in [1.82, 2.24) is 4.90 Å². The Labute approximate surface area is 144 Å². The molecule has 0 spiro atoms. The summed E-state index contributed by atoms with van der Waals surface area (Å²) in [5, 5.41) is 11.0. The van der Waals surface area contributed by atoms with E-state index < -0.39 is 5.97 Å². The lowest BCUT2D eigenvalue weighted by Crippen LogP contribution is -2.37. The topological polar surface area (TPSA) is 66.8 Å². The lowest BCUT2D eigenvalue weighted by molar-refractivity contribution is -0.137. The number of carboxylic acid groups (broad SMARTS) is 1. The van der Waals surface area contributed by atoms with Gasteiger partial charge >= 0.3 is 5.97 Å². The van der Waals surface area contributed by atoms with E-state index >= 15 is 0 Å². The maximum atomic E-state index is 13.0. The van der Waals surface area contributed by atoms with E-state index in [4.69, 9.17) is 9.84 Å². The van der Waals surface area contributed by atoms with Crippen molar-refractivity contribution in [2.45, 2.75) is 25.0 Å². The minimum absolute atomic E-state index is 0.0579. The summed E-state index contributed by atoms with van der Waals surface area (Å²) in [5.74, 6) is -1.02. The van der Waals surface area contributed by atoms with E-state index in [0.29, 0.717) is 17.8 Å². The summed E-state index contributed by atoms with van der Waals surface area (Å²) in [6, 6.07) is 11.3. The van der Waals surface area contributed by atoms with Gasteiger partial charge in [-0.3, -0.25) is 9.59 Å². The van der Waals surface area contributed by atoms with Crippen LogP contribution in [0.2, 0.25) is 0 Å². The molecule has 0 bridgehead atoms. The molecule has 1 N–H and O–H groups in total. The summed E-state index contributed by atoms with van der Waals surface area (Å²) in [5.41, 5.74) is 1.87. The molecule has 1 aliphatic heterocycles. The van der Waals surface area contributed by atoms with Crippen LogP contribution in [0.15, 0.2) is 41.8 Å². The molecule has 24 heavy (non-hydrogen) atoms. The predicted octanol–water partition coefficient (Wildman–Crippen LogP) is 3.12. The van der Waals surface area contributed by atoms with Crippen LogP contribution in [0, 0.1) is 0 Å². The first kappa shape index (κ1) is 16.7. The highest BCUT2D eigenvalue weighted by atomic mass is 32.1. The summed E-state index contributed by atoms with van der Waals surface area (Å²) in [6.07, 6.45) is 0.386. The molecule has 1 aromatic heterocycles. The number of benzene rings is 1. The van der Waals surface area contributed by atoms with Crippen molar-refractivity contribution in [3.05, 3.63) is 46.7 Å². The molecule has 1 amide bonds. The van der Waals surface area contributed by atoms with Crippen LogP contribution in [-0.4, -0.2) is 47.7 Å². The van der Waals surface area contributed by atoms with Crippen LogP contribution in [0.1, 0.15) is 22.5 Å². The van der Waals surface area contributed by atoms with Crippen molar-refractivity contribution < 1.29 is 19.4 Å². The van der Waals surface area contributed by atoms with E-state index in [2.05, 4.69) is 0 Å². The zero-order valence-electron chi connectivity index (χ0n) is 13.3. The molecule has 1 aliphatic rings. The summed E-state index contributed by atoms with van der Waals surface area (Å²) >= 11 is 1.39. The van der Waals surface area contributed by atoms with Gasteiger partial charge < -0.3 is 14.7 Å². The van der Waals surface area contributed by atoms with Crippen LogP contribution in [0.3, 0.4) is 0 Å². The minimum atomic E-state index is -0.899. The third kappa shape index (κ3) is 3.34. The van der Waals surface area contributed by atoms with E-state index in [1.54, 1.807) is 12.0 Å². The standard InChI is InChI=1S/C18H19NO4S/c1-23-14-9-13(10-16(20)21)19(11-14)18(22)17-15(7-8-24-17)12-5-3-2-4-6-12/h2-8,13-14H,9-11H2,1H3,(H,20,21). The second kappa shape index (κ2) is 7.15. The van der Waals surface area contributed by atoms with Crippen molar-refractivity contribution >= 4 is 23.2 Å². The van der Waals surface area contributed by atoms with Gasteiger partial charge in [0.2, 0.25) is 0 Å². The number of thiophene rings is 1. The lowest BCUT2D eigenvalue weighted by atomic mass is 10.1. The van der Waals surface area contributed by atoms with Crippen molar-refractivity contribution in [1.29, 1.82) is 0 Å². The van der Waals surface area contributed by atoms with Gasteiger partial charge in [0.15, 0.2) is 0 Å². The van der Waals surface area contributed by atoms with Gasteiger partial charge in [-0.2, -0.15) is 0 Å². The van der Waals surface area contributed by atoms with E-state index in [9.17, 15) is 9.59 Å². The molecule has 2 aromatic rings. The highest BCUT2D eigenvalue weighted by Crippen LogP contribution is 2.32. The molecular weight excluding hydrogens is 326 g/mol. The molecule has 5 nitrogen and oxygen atoms in total. The molecule has 6 heteroatoms. The van der Waals surface area contributed by atoms with Crippen LogP contribution in [-0.2, 0) is 9.53 Å². The second-order valence-corrected chi connectivity index (χ2v) is 6.75. The first-order valence-corrected chi connectivity index (χ1v) is 8.66. The van der Waals surface area contributed by atoms with Gasteiger partial charge in [-0.25, -0.2) is 0 Å². The van der Waals surface area contributed by atoms with Crippen molar-refractivity contribution in [3.8, 4) is 11.1 Å². The number of likely N-dealkylation sites (tertiary alicyclic amines) is 1. The maximum Gasteiger partial charge on any atom is 0.305 e. The molecule has 2 heterocycles. The number of carboxylic acids is 1. The van der Waals surface area contributed by atoms with Gasteiger partial charge in [-0.05, 0) is 23.4 Å². The van der Waals surface area contributed by atoms with E-state index in [0.717, 1.165) is 11.1 Å². The number of amides is 1. The summed E-state index contributed by atoms with van der Waals surface area (Å²) in [7, 11) is 1.59. The number of carbonyl (C=O) groups excluding carboxylic acids is 1. The average Bonchev–Trinajstić information content (AvgIpc) is 3.21. The quantitative estimate of drug-likeness (QED) is 0.904. The van der Waals surface area contributed by atoms with Crippen LogP contribution in [0.25, 0.3) is 11.1 Å². The monoisotopic (exact) mass is 345 g/mol. The largest absolute Gasteiger partial charge is 0.481 e. The van der Waals surface area contributed by atoms with Crippen molar-refractivity contribution in [2.24, 2.45) is 0 Å². The number of hydrogen-bond acceptors (Lipinski definition) is 4. The van der Waals surface area contributed by atoms with E-state index in [1.807, 2.05) is 41.8 Å². The number of hydrogen-bond donors (Lipinski definition) is 1. The fourth-order valence-electron chi connectivity index (χ4n) is 3.14. The first-order valence-electron chi connectivity index (χ1n) is 7.78. The molecular formula is C18H19NO4S. The lowest BCUT2D eigenvalue weighted by Gasteiger charge is -2.23. The van der Waals surface area contributed by atoms with Crippen molar-refractivity contribution in [3.63, 3.8) is 0 Å². The van der Waals surface area contributed by atoms with Gasteiger partial charge in [0, 0.05) is 25.3 Å². The van der Waals surface area contributed by atoms with Crippen LogP contribution in [0.4, 0.5) is 0 Å². The first-order chi connectivity index (χ1) is 11.6. The van der Waals surface area contributed by atoms with Crippen molar-refractivity contribution in [2.75, 3.05) is 13.7 Å². The van der Waals surface area contributed by atoms with Crippen LogP contribution >= 0.6 is 11.3 Å². The number of rotatable bonds is 5. The number of carbonyl (C=O) groups is 2. The molecule has 2 unspecified atom stereocenters. The summed E-state index contributed by atoms with van der Waals surface area (Å²) in [4.78, 5) is 26.5. The maximum absolute atomic E-state index is 13.0. The number of methoxy groups -OCH3 is 1. The molecule has 0 saturated carbocycles. The fraction of sp³-hybridized carbons (Fsp3) is 0.333. The normalized spacial score (nSPS) is 20.3. The third-order valence-corrected chi connectivity index (χ3v) is 5.23. The Hall–Kier alpha value is -2.18. The second-order valence-electron chi connectivity index (χ2n) is 5.83. The third-order valence-electron chi connectivity index (χ3n) is 4.32. The Morgan fingerprint density at radius 3 is 2.71 bits per heavy atom. The summed E-state index contributed by atoms with van der Waals surface area (Å²) in [6.45, 7) is 0.430. The Morgan fingerprint density at radius 1 is 1.29 bits per heavy atom. The minimum Gasteiger partial charge on any atom is -0.481 e. The van der Waals surface area contributed by atoms with Crippen LogP contribution < -0.4 is 0 Å². The zero-order valence-corrected chi connectivity index (χ0v) is 14.2. The Balaban J connectivity index is 1.88. The van der Waals surface area contributed by atoms with Gasteiger partial charge in [0.05, 0.1) is 17.4 Å². The molecule has 1 saturated heterocycles. The molecule has 2 atom stereocenters. The number of ether oxygens (including phenoxy) is 1. The molecule has 3 rings (SSSR count). The molecule has 0 aliphatic carbocycles. The fourth-order valence-corrected chi connectivity index (χ4v) is 4.01. The Kier molecular flexibility index (Phi) is 4.97. The predicted molar refractivity (Wildman–Crippen MR) is 92.2 cm³/mol. The highest BCUT2D eigenvalue weighted by molar-refractivity contribution is 7.12. The average molecular weight is 345 g/mol. The molecule has 1 fully saturated rings. The van der Waals surface area contributed by atoms with E-state index in [-0.39, 0.29) is 24.5 Å². The van der Waals surface area contributed by atoms with Crippen LogP contribution in [0.5, 0.6) is 0 Å². The zero-order chi connectivity index (χ0) is 17.1. The van der Waals surface area contributed by atoms with Gasteiger partial charge in [-0.15, -0.1) is 11.3 Å². The number of nitrogens with zero attached hydrogens (tertiary/aromatic N) is 1. The smallest absolute Gasteiger partial charge is 0.305 e. The van der Waals surface area contributed by atoms with E-state index in [1.165, 1.54) is 11.3 Å². The van der Waals surface area contributed by atoms with Gasteiger partial charge in [0.1, 0.15) is 0 Å². The van der Waals surface area contributed by atoms with Gasteiger partial charge in [0.25, 0.3) is 5.91 Å². The summed E-state index contributed by atoms with van der Waals surface area (Å²) < 4.78 is 5.35. The Bertz CT molecular complexity index is 728. The highest BCUT2D eigenvalue weighted by Gasteiger charge is 2.37. The molecule has 126 valence electrons. The number of aliphatic carboxylic acids is 1. The SMILES string of the molecule is COC1CC(CC(=O)O)N(C(=O)c2sccc2-c2ccccc2)C1. The molecule has 0 radical (unpaired) electrons. The Morgan fingerprint density at radius 2 is 2.04 bits per heavy atom. The molecule has 1 aromatic carbocycles.